The highest BCUT2D eigenvalue weighted by Gasteiger charge is 2.20. The van der Waals surface area contributed by atoms with E-state index in [4.69, 9.17) is 20.2 Å². The average Bonchev–Trinajstić information content (AvgIpc) is 2.09. The molecule has 0 aliphatic carbocycles. The topological polar surface area (TPSA) is 52.6 Å². The predicted octanol–water partition coefficient (Wildman–Crippen LogP) is 1.53. The number of rotatable bonds is 4. The van der Waals surface area contributed by atoms with Gasteiger partial charge in [-0.2, -0.15) is 0 Å². The lowest BCUT2D eigenvalue weighted by Gasteiger charge is -2.26. The minimum atomic E-state index is -3.52. The van der Waals surface area contributed by atoms with E-state index in [2.05, 4.69) is 0 Å². The number of hydrogen-bond acceptors (Lipinski definition) is 4. The van der Waals surface area contributed by atoms with Gasteiger partial charge in [0.2, 0.25) is 9.05 Å². The summed E-state index contributed by atoms with van der Waals surface area (Å²) in [6.45, 7) is 1.16. The largest absolute Gasteiger partial charge is 0.486 e. The molecule has 4 nitrogen and oxygen atoms in total. The van der Waals surface area contributed by atoms with E-state index in [0.29, 0.717) is 24.5 Å². The van der Waals surface area contributed by atoms with E-state index < -0.39 is 9.05 Å². The lowest BCUT2D eigenvalue weighted by molar-refractivity contribution is -0.0797. The maximum absolute atomic E-state index is 10.9. The van der Waals surface area contributed by atoms with Crippen molar-refractivity contribution in [3.05, 3.63) is 29.8 Å². The molecule has 0 amide bonds. The van der Waals surface area contributed by atoms with Gasteiger partial charge in [-0.3, -0.25) is 0 Å². The molecule has 0 saturated carbocycles. The lowest BCUT2D eigenvalue weighted by Crippen LogP contribution is -2.38. The summed E-state index contributed by atoms with van der Waals surface area (Å²) in [7, 11) is 1.65. The zero-order valence-corrected chi connectivity index (χ0v) is 10.00. The van der Waals surface area contributed by atoms with Crippen LogP contribution in [-0.4, -0.2) is 27.7 Å². The van der Waals surface area contributed by atoms with Crippen LogP contribution in [0, 0.1) is 0 Å². The van der Waals surface area contributed by atoms with Crippen LogP contribution in [-0.2, 0) is 19.5 Å². The van der Waals surface area contributed by atoms with E-state index in [-0.39, 0.29) is 11.9 Å². The Labute approximate surface area is 98.5 Å². The van der Waals surface area contributed by atoms with Crippen LogP contribution < -0.4 is 4.74 Å². The summed E-state index contributed by atoms with van der Waals surface area (Å²) in [5.41, 5.74) is 0.618. The Morgan fingerprint density at radius 2 is 2.19 bits per heavy atom. The molecule has 1 saturated heterocycles. The van der Waals surface area contributed by atoms with Crippen LogP contribution in [0.15, 0.2) is 24.3 Å². The van der Waals surface area contributed by atoms with E-state index in [1.807, 2.05) is 0 Å². The maximum atomic E-state index is 10.9. The molecule has 1 aromatic carbocycles. The zero-order valence-electron chi connectivity index (χ0n) is 8.43. The minimum absolute atomic E-state index is 0.0721. The van der Waals surface area contributed by atoms with Gasteiger partial charge in [0.25, 0.3) is 0 Å². The van der Waals surface area contributed by atoms with E-state index in [9.17, 15) is 8.42 Å². The Morgan fingerprint density at radius 3 is 2.75 bits per heavy atom. The van der Waals surface area contributed by atoms with Gasteiger partial charge in [0.05, 0.1) is 19.0 Å². The van der Waals surface area contributed by atoms with Gasteiger partial charge in [-0.15, -0.1) is 0 Å². The highest BCUT2D eigenvalue weighted by atomic mass is 35.7. The van der Waals surface area contributed by atoms with E-state index in [1.54, 1.807) is 24.3 Å². The summed E-state index contributed by atoms with van der Waals surface area (Å²) in [5.74, 6) is 0.457. The predicted molar refractivity (Wildman–Crippen MR) is 60.2 cm³/mol. The van der Waals surface area contributed by atoms with Gasteiger partial charge in [-0.1, -0.05) is 12.1 Å². The summed E-state index contributed by atoms with van der Waals surface area (Å²) in [5, 5.41) is 0. The fraction of sp³-hybridized carbons (Fsp3) is 0.400. The van der Waals surface area contributed by atoms with Gasteiger partial charge in [0, 0.05) is 10.7 Å². The molecule has 16 heavy (non-hydrogen) atoms. The summed E-state index contributed by atoms with van der Waals surface area (Å²) in [6.07, 6.45) is 0.0721. The Hall–Kier alpha value is -0.780. The Morgan fingerprint density at radius 1 is 1.44 bits per heavy atom. The van der Waals surface area contributed by atoms with Crippen molar-refractivity contribution < 1.29 is 17.9 Å². The molecule has 6 heteroatoms. The van der Waals surface area contributed by atoms with Gasteiger partial charge in [0.1, 0.15) is 11.9 Å². The van der Waals surface area contributed by atoms with Gasteiger partial charge >= 0.3 is 0 Å². The summed E-state index contributed by atoms with van der Waals surface area (Å²) >= 11 is 0. The molecule has 88 valence electrons. The first-order chi connectivity index (χ1) is 7.53. The number of ether oxygens (including phenoxy) is 2. The van der Waals surface area contributed by atoms with Crippen LogP contribution in [0.4, 0.5) is 0 Å². The molecule has 1 aliphatic heterocycles. The highest BCUT2D eigenvalue weighted by Crippen LogP contribution is 2.19. The molecule has 0 radical (unpaired) electrons. The molecule has 1 fully saturated rings. The smallest absolute Gasteiger partial charge is 0.236 e. The maximum Gasteiger partial charge on any atom is 0.236 e. The molecule has 2 rings (SSSR count). The van der Waals surface area contributed by atoms with E-state index >= 15 is 0 Å². The molecule has 0 aromatic heterocycles. The van der Waals surface area contributed by atoms with Crippen molar-refractivity contribution in [1.29, 1.82) is 0 Å². The first-order valence-corrected chi connectivity index (χ1v) is 7.26. The summed E-state index contributed by atoms with van der Waals surface area (Å²) < 4.78 is 32.3. The van der Waals surface area contributed by atoms with Crippen molar-refractivity contribution in [3.63, 3.8) is 0 Å². The monoisotopic (exact) mass is 262 g/mol. The van der Waals surface area contributed by atoms with Gasteiger partial charge in [-0.25, -0.2) is 8.42 Å². The van der Waals surface area contributed by atoms with E-state index in [0.717, 1.165) is 0 Å². The van der Waals surface area contributed by atoms with Crippen molar-refractivity contribution in [2.45, 2.75) is 11.9 Å². The third-order valence-corrected chi connectivity index (χ3v) is 3.15. The quantitative estimate of drug-likeness (QED) is 0.773. The first-order valence-electron chi connectivity index (χ1n) is 4.78. The van der Waals surface area contributed by atoms with Crippen molar-refractivity contribution >= 4 is 19.7 Å². The SMILES string of the molecule is O=S(=O)(Cl)Cc1cccc(OC2COC2)c1. The Kier molecular flexibility index (Phi) is 3.37. The molecule has 0 bridgehead atoms. The zero-order chi connectivity index (χ0) is 11.6. The Balaban J connectivity index is 2.06. The van der Waals surface area contributed by atoms with E-state index in [1.165, 1.54) is 0 Å². The van der Waals surface area contributed by atoms with Crippen molar-refractivity contribution in [3.8, 4) is 5.75 Å². The minimum Gasteiger partial charge on any atom is -0.486 e. The van der Waals surface area contributed by atoms with Crippen molar-refractivity contribution in [2.75, 3.05) is 13.2 Å². The summed E-state index contributed by atoms with van der Waals surface area (Å²) in [4.78, 5) is 0. The van der Waals surface area contributed by atoms with Crippen LogP contribution in [0.5, 0.6) is 5.75 Å². The van der Waals surface area contributed by atoms with Gasteiger partial charge in [-0.05, 0) is 17.7 Å². The highest BCUT2D eigenvalue weighted by molar-refractivity contribution is 8.13. The molecule has 0 N–H and O–H groups in total. The molecular weight excluding hydrogens is 252 g/mol. The number of halogens is 1. The standard InChI is InChI=1S/C10H11ClO4S/c11-16(12,13)7-8-2-1-3-9(4-8)15-10-5-14-6-10/h1-4,10H,5-7H2. The first kappa shape index (κ1) is 11.7. The number of benzene rings is 1. The summed E-state index contributed by atoms with van der Waals surface area (Å²) in [6, 6.07) is 6.90. The fourth-order valence-corrected chi connectivity index (χ4v) is 2.34. The van der Waals surface area contributed by atoms with Crippen LogP contribution in [0.3, 0.4) is 0 Å². The van der Waals surface area contributed by atoms with Crippen LogP contribution >= 0.6 is 10.7 Å². The molecule has 0 spiro atoms. The normalized spacial score (nSPS) is 16.8. The third kappa shape index (κ3) is 3.37. The van der Waals surface area contributed by atoms with Crippen LogP contribution in [0.25, 0.3) is 0 Å². The Bertz CT molecular complexity index is 467. The third-order valence-electron chi connectivity index (χ3n) is 2.15. The molecule has 1 aliphatic rings. The van der Waals surface area contributed by atoms with Crippen molar-refractivity contribution in [2.24, 2.45) is 0 Å². The molecule has 1 heterocycles. The second-order valence-corrected chi connectivity index (χ2v) is 6.38. The average molecular weight is 263 g/mol. The molecule has 0 atom stereocenters. The second-order valence-electron chi connectivity index (χ2n) is 3.61. The lowest BCUT2D eigenvalue weighted by atomic mass is 10.2. The molecule has 0 unspecified atom stereocenters. The fourth-order valence-electron chi connectivity index (χ4n) is 1.38. The number of hydrogen-bond donors (Lipinski definition) is 0. The molecule has 1 aromatic rings. The van der Waals surface area contributed by atoms with Crippen molar-refractivity contribution in [1.82, 2.24) is 0 Å². The van der Waals surface area contributed by atoms with Crippen LogP contribution in [0.2, 0.25) is 0 Å². The molecular formula is C10H11ClO4S. The van der Waals surface area contributed by atoms with Gasteiger partial charge in [0.15, 0.2) is 0 Å². The van der Waals surface area contributed by atoms with Crippen LogP contribution in [0.1, 0.15) is 5.56 Å². The van der Waals surface area contributed by atoms with Gasteiger partial charge < -0.3 is 9.47 Å². The second kappa shape index (κ2) is 4.61.